The number of pyridine rings is 1. The maximum absolute atomic E-state index is 12.8. The van der Waals surface area contributed by atoms with Crippen LogP contribution < -0.4 is 11.2 Å². The molecule has 0 aliphatic carbocycles. The molecule has 3 rings (SSSR count). The molecule has 2 aromatic rings. The SMILES string of the molecule is Cn1c(C(=O)N2CCCC(C(=O)c3ccccn3)C2)cc(=O)n(C)c1=O. The molecule has 1 unspecified atom stereocenters. The summed E-state index contributed by atoms with van der Waals surface area (Å²) in [5.41, 5.74) is -0.676. The van der Waals surface area contributed by atoms with Crippen LogP contribution >= 0.6 is 0 Å². The molecule has 0 aromatic carbocycles. The number of piperidine rings is 1. The lowest BCUT2D eigenvalue weighted by Crippen LogP contribution is -2.46. The third-order valence-corrected chi connectivity index (χ3v) is 4.74. The minimum Gasteiger partial charge on any atom is -0.337 e. The first kappa shape index (κ1) is 17.8. The van der Waals surface area contributed by atoms with Crippen molar-refractivity contribution >= 4 is 11.7 Å². The molecule has 1 saturated heterocycles. The Morgan fingerprint density at radius 2 is 1.92 bits per heavy atom. The van der Waals surface area contributed by atoms with Gasteiger partial charge in [-0.1, -0.05) is 6.07 Å². The molecular formula is C18H20N4O4. The molecule has 1 amide bonds. The van der Waals surface area contributed by atoms with Gasteiger partial charge in [-0.05, 0) is 25.0 Å². The average molecular weight is 356 g/mol. The second-order valence-electron chi connectivity index (χ2n) is 6.44. The topological polar surface area (TPSA) is 94.3 Å². The van der Waals surface area contributed by atoms with Crippen molar-refractivity contribution in [3.63, 3.8) is 0 Å². The van der Waals surface area contributed by atoms with Gasteiger partial charge in [0.25, 0.3) is 11.5 Å². The molecule has 1 aliphatic heterocycles. The van der Waals surface area contributed by atoms with Crippen molar-refractivity contribution < 1.29 is 9.59 Å². The van der Waals surface area contributed by atoms with Crippen molar-refractivity contribution in [3.05, 3.63) is 62.7 Å². The van der Waals surface area contributed by atoms with Gasteiger partial charge >= 0.3 is 5.69 Å². The van der Waals surface area contributed by atoms with E-state index in [9.17, 15) is 19.2 Å². The number of hydrogen-bond donors (Lipinski definition) is 0. The predicted molar refractivity (Wildman–Crippen MR) is 94.1 cm³/mol. The summed E-state index contributed by atoms with van der Waals surface area (Å²) in [5, 5.41) is 0. The van der Waals surface area contributed by atoms with Gasteiger partial charge in [-0.25, -0.2) is 4.79 Å². The van der Waals surface area contributed by atoms with Crippen LogP contribution in [0.15, 0.2) is 40.1 Å². The molecule has 1 atom stereocenters. The minimum absolute atomic E-state index is 0.0315. The number of ketones is 1. The molecule has 0 spiro atoms. The lowest BCUT2D eigenvalue weighted by atomic mass is 9.91. The lowest BCUT2D eigenvalue weighted by Gasteiger charge is -2.32. The molecule has 26 heavy (non-hydrogen) atoms. The molecule has 0 bridgehead atoms. The maximum atomic E-state index is 12.8. The van der Waals surface area contributed by atoms with Crippen LogP contribution in [0.4, 0.5) is 0 Å². The van der Waals surface area contributed by atoms with Crippen molar-refractivity contribution in [2.45, 2.75) is 12.8 Å². The summed E-state index contributed by atoms with van der Waals surface area (Å²) in [6, 6.07) is 6.31. The molecule has 136 valence electrons. The number of nitrogens with zero attached hydrogens (tertiary/aromatic N) is 4. The van der Waals surface area contributed by atoms with Crippen LogP contribution in [0.3, 0.4) is 0 Å². The molecule has 0 radical (unpaired) electrons. The van der Waals surface area contributed by atoms with Crippen molar-refractivity contribution in [1.29, 1.82) is 0 Å². The van der Waals surface area contributed by atoms with Crippen LogP contribution in [-0.4, -0.2) is 43.8 Å². The van der Waals surface area contributed by atoms with Gasteiger partial charge < -0.3 is 4.90 Å². The van der Waals surface area contributed by atoms with Gasteiger partial charge in [-0.15, -0.1) is 0 Å². The van der Waals surface area contributed by atoms with E-state index in [4.69, 9.17) is 0 Å². The molecule has 8 heteroatoms. The number of hydrogen-bond acceptors (Lipinski definition) is 5. The van der Waals surface area contributed by atoms with Gasteiger partial charge in [0, 0.05) is 45.4 Å². The third-order valence-electron chi connectivity index (χ3n) is 4.74. The van der Waals surface area contributed by atoms with Crippen LogP contribution in [0.2, 0.25) is 0 Å². The molecule has 2 aromatic heterocycles. The Hall–Kier alpha value is -3.03. The first-order chi connectivity index (χ1) is 12.4. The lowest BCUT2D eigenvalue weighted by molar-refractivity contribution is 0.0625. The van der Waals surface area contributed by atoms with Gasteiger partial charge in [-0.2, -0.15) is 0 Å². The highest BCUT2D eigenvalue weighted by Gasteiger charge is 2.31. The second-order valence-corrected chi connectivity index (χ2v) is 6.44. The van der Waals surface area contributed by atoms with E-state index in [0.717, 1.165) is 15.2 Å². The Bertz CT molecular complexity index is 961. The van der Waals surface area contributed by atoms with Crippen LogP contribution in [0.1, 0.15) is 33.8 Å². The monoisotopic (exact) mass is 356 g/mol. The summed E-state index contributed by atoms with van der Waals surface area (Å²) in [5.74, 6) is -0.854. The summed E-state index contributed by atoms with van der Waals surface area (Å²) in [6.45, 7) is 0.728. The molecule has 0 saturated carbocycles. The molecule has 1 aliphatic rings. The van der Waals surface area contributed by atoms with Gasteiger partial charge in [0.1, 0.15) is 11.4 Å². The van der Waals surface area contributed by atoms with E-state index in [1.54, 1.807) is 24.4 Å². The minimum atomic E-state index is -0.557. The van der Waals surface area contributed by atoms with E-state index >= 15 is 0 Å². The summed E-state index contributed by atoms with van der Waals surface area (Å²) in [4.78, 5) is 55.0. The Morgan fingerprint density at radius 1 is 1.15 bits per heavy atom. The highest BCUT2D eigenvalue weighted by atomic mass is 16.2. The number of rotatable bonds is 3. The largest absolute Gasteiger partial charge is 0.337 e. The van der Waals surface area contributed by atoms with E-state index in [2.05, 4.69) is 4.98 Å². The van der Waals surface area contributed by atoms with Crippen LogP contribution in [0, 0.1) is 5.92 Å². The quantitative estimate of drug-likeness (QED) is 0.733. The van der Waals surface area contributed by atoms with Crippen molar-refractivity contribution in [2.24, 2.45) is 20.0 Å². The van der Waals surface area contributed by atoms with E-state index in [0.29, 0.717) is 25.1 Å². The van der Waals surface area contributed by atoms with Gasteiger partial charge in [0.2, 0.25) is 0 Å². The van der Waals surface area contributed by atoms with E-state index in [1.807, 2.05) is 0 Å². The fourth-order valence-corrected chi connectivity index (χ4v) is 3.19. The predicted octanol–water partition coefficient (Wildman–Crippen LogP) is 0.214. The summed E-state index contributed by atoms with van der Waals surface area (Å²) in [6.07, 6.45) is 2.91. The number of Topliss-reactive ketones (excluding diaryl/α,β-unsaturated/α-hetero) is 1. The third kappa shape index (κ3) is 3.22. The first-order valence-electron chi connectivity index (χ1n) is 8.41. The molecule has 0 N–H and O–H groups in total. The van der Waals surface area contributed by atoms with Gasteiger partial charge in [0.15, 0.2) is 5.78 Å². The van der Waals surface area contributed by atoms with Crippen LogP contribution in [0.25, 0.3) is 0 Å². The number of aromatic nitrogens is 3. The second kappa shape index (κ2) is 7.07. The zero-order valence-corrected chi connectivity index (χ0v) is 14.7. The average Bonchev–Trinajstić information content (AvgIpc) is 2.68. The zero-order valence-electron chi connectivity index (χ0n) is 14.7. The summed E-state index contributed by atoms with van der Waals surface area (Å²) >= 11 is 0. The van der Waals surface area contributed by atoms with Crippen LogP contribution in [0.5, 0.6) is 0 Å². The Labute approximate surface area is 149 Å². The molecule has 8 nitrogen and oxygen atoms in total. The van der Waals surface area contributed by atoms with Crippen molar-refractivity contribution in [2.75, 3.05) is 13.1 Å². The Kier molecular flexibility index (Phi) is 4.83. The smallest absolute Gasteiger partial charge is 0.331 e. The maximum Gasteiger partial charge on any atom is 0.331 e. The van der Waals surface area contributed by atoms with Gasteiger partial charge in [-0.3, -0.25) is 28.5 Å². The number of likely N-dealkylation sites (tertiary alicyclic amines) is 1. The highest BCUT2D eigenvalue weighted by molar-refractivity contribution is 5.97. The summed E-state index contributed by atoms with van der Waals surface area (Å²) < 4.78 is 2.11. The highest BCUT2D eigenvalue weighted by Crippen LogP contribution is 2.21. The van der Waals surface area contributed by atoms with E-state index in [-0.39, 0.29) is 23.9 Å². The van der Waals surface area contributed by atoms with Crippen molar-refractivity contribution in [1.82, 2.24) is 19.0 Å². The zero-order chi connectivity index (χ0) is 18.8. The van der Waals surface area contributed by atoms with E-state index in [1.165, 1.54) is 19.0 Å². The molecule has 3 heterocycles. The fraction of sp³-hybridized carbons (Fsp3) is 0.389. The summed E-state index contributed by atoms with van der Waals surface area (Å²) in [7, 11) is 2.82. The molecule has 1 fully saturated rings. The van der Waals surface area contributed by atoms with E-state index < -0.39 is 17.2 Å². The standard InChI is InChI=1S/C18H20N4O4/c1-20-14(10-15(23)21(2)18(20)26)17(25)22-9-5-6-12(11-22)16(24)13-7-3-4-8-19-13/h3-4,7-8,10,12H,5-6,9,11H2,1-2H3. The normalized spacial score (nSPS) is 17.2. The first-order valence-corrected chi connectivity index (χ1v) is 8.41. The Morgan fingerprint density at radius 3 is 2.62 bits per heavy atom. The van der Waals surface area contributed by atoms with Crippen LogP contribution in [-0.2, 0) is 14.1 Å². The van der Waals surface area contributed by atoms with Crippen molar-refractivity contribution in [3.8, 4) is 0 Å². The van der Waals surface area contributed by atoms with Gasteiger partial charge in [0.05, 0.1) is 0 Å². The number of carbonyl (C=O) groups is 2. The number of carbonyl (C=O) groups excluding carboxylic acids is 2. The molecular weight excluding hydrogens is 336 g/mol. The fourth-order valence-electron chi connectivity index (χ4n) is 3.19. The number of amides is 1. The Balaban J connectivity index is 1.84.